The second-order valence-corrected chi connectivity index (χ2v) is 14.6. The van der Waals surface area contributed by atoms with E-state index in [1.807, 2.05) is 44.2 Å². The van der Waals surface area contributed by atoms with Crippen LogP contribution in [0.25, 0.3) is 0 Å². The number of para-hydroxylation sites is 1. The molecule has 0 radical (unpaired) electrons. The summed E-state index contributed by atoms with van der Waals surface area (Å²) in [5.74, 6) is 1.16. The van der Waals surface area contributed by atoms with Crippen molar-refractivity contribution < 1.29 is 14.3 Å². The molecule has 1 saturated carbocycles. The number of hydrogen-bond acceptors (Lipinski definition) is 4. The third-order valence-electron chi connectivity index (χ3n) is 7.12. The number of hydrogen-bond donors (Lipinski definition) is 2. The molecule has 1 aromatic heterocycles. The van der Waals surface area contributed by atoms with Crippen LogP contribution in [-0.2, 0) is 21.7 Å². The molecule has 32 heavy (non-hydrogen) atoms. The van der Waals surface area contributed by atoms with E-state index in [4.69, 9.17) is 4.74 Å². The van der Waals surface area contributed by atoms with Crippen molar-refractivity contribution in [1.29, 1.82) is 0 Å². The molecule has 0 saturated heterocycles. The van der Waals surface area contributed by atoms with Crippen LogP contribution in [0.2, 0.25) is 0 Å². The van der Waals surface area contributed by atoms with E-state index in [0.717, 1.165) is 30.5 Å². The van der Waals surface area contributed by atoms with Crippen molar-refractivity contribution in [2.45, 2.75) is 63.0 Å². The van der Waals surface area contributed by atoms with Crippen LogP contribution in [0.5, 0.6) is 5.75 Å². The van der Waals surface area contributed by atoms with Gasteiger partial charge in [0.2, 0.25) is 5.91 Å². The highest BCUT2D eigenvalue weighted by Crippen LogP contribution is 2.60. The monoisotopic (exact) mass is 458 g/mol. The molecular formula is C24H34N4O3S. The molecule has 0 unspecified atom stereocenters. The van der Waals surface area contributed by atoms with Crippen molar-refractivity contribution in [3.8, 4) is 5.75 Å². The lowest BCUT2D eigenvalue weighted by atomic mass is 9.83. The summed E-state index contributed by atoms with van der Waals surface area (Å²) in [5, 5.41) is 10.6. The number of aromatic amines is 1. The van der Waals surface area contributed by atoms with Crippen molar-refractivity contribution >= 4 is 27.7 Å². The molecule has 1 aromatic carbocycles. The van der Waals surface area contributed by atoms with E-state index in [9.17, 15) is 9.59 Å². The van der Waals surface area contributed by atoms with E-state index in [1.165, 1.54) is 0 Å². The largest absolute Gasteiger partial charge is 0.481 e. The van der Waals surface area contributed by atoms with Gasteiger partial charge >= 0.3 is 0 Å². The maximum absolute atomic E-state index is 13.3. The molecule has 1 atom stereocenters. The second kappa shape index (κ2) is 7.83. The van der Waals surface area contributed by atoms with Gasteiger partial charge in [0.05, 0.1) is 22.5 Å². The van der Waals surface area contributed by atoms with Gasteiger partial charge < -0.3 is 15.0 Å². The fraction of sp³-hybridized carbons (Fsp3) is 0.542. The van der Waals surface area contributed by atoms with Crippen molar-refractivity contribution in [2.24, 2.45) is 0 Å². The summed E-state index contributed by atoms with van der Waals surface area (Å²) >= 11 is 0. The van der Waals surface area contributed by atoms with Gasteiger partial charge in [0, 0.05) is 5.56 Å². The summed E-state index contributed by atoms with van der Waals surface area (Å²) in [4.78, 5) is 28.4. The Morgan fingerprint density at radius 2 is 1.84 bits per heavy atom. The van der Waals surface area contributed by atoms with Crippen molar-refractivity contribution in [2.75, 3.05) is 24.1 Å². The van der Waals surface area contributed by atoms with Crippen LogP contribution in [-0.4, -0.2) is 56.5 Å². The topological polar surface area (TPSA) is 87.3 Å². The van der Waals surface area contributed by atoms with Crippen LogP contribution in [0.4, 0.5) is 5.82 Å². The zero-order chi connectivity index (χ0) is 23.3. The lowest BCUT2D eigenvalue weighted by Gasteiger charge is -2.53. The van der Waals surface area contributed by atoms with E-state index in [1.54, 1.807) is 11.8 Å². The molecule has 2 N–H and O–H groups in total. The maximum atomic E-state index is 13.3. The van der Waals surface area contributed by atoms with Gasteiger partial charge in [-0.1, -0.05) is 18.2 Å². The Kier molecular flexibility index (Phi) is 5.56. The number of fused-ring (bicyclic) bond motifs is 1. The number of benzene rings is 1. The molecule has 2 aliphatic rings. The molecule has 1 aliphatic heterocycles. The van der Waals surface area contributed by atoms with Gasteiger partial charge in [-0.3, -0.25) is 14.7 Å². The average molecular weight is 459 g/mol. The highest BCUT2D eigenvalue weighted by atomic mass is 32.3. The van der Waals surface area contributed by atoms with E-state index < -0.39 is 21.7 Å². The lowest BCUT2D eigenvalue weighted by Crippen LogP contribution is -2.51. The predicted octanol–water partition coefficient (Wildman–Crippen LogP) is 4.01. The fourth-order valence-electron chi connectivity index (χ4n) is 4.78. The van der Waals surface area contributed by atoms with Crippen molar-refractivity contribution in [3.63, 3.8) is 0 Å². The Bertz CT molecular complexity index is 1020. The fourth-order valence-corrected chi connectivity index (χ4v) is 6.90. The first-order chi connectivity index (χ1) is 15.0. The number of nitrogens with one attached hydrogen (secondary N) is 2. The van der Waals surface area contributed by atoms with E-state index in [0.29, 0.717) is 18.1 Å². The number of ether oxygens (including phenoxy) is 1. The summed E-state index contributed by atoms with van der Waals surface area (Å²) in [5.41, 5.74) is 1.15. The highest BCUT2D eigenvalue weighted by Gasteiger charge is 2.51. The molecule has 2 amide bonds. The summed E-state index contributed by atoms with van der Waals surface area (Å²) in [7, 11) is -1.06. The Morgan fingerprint density at radius 1 is 1.19 bits per heavy atom. The summed E-state index contributed by atoms with van der Waals surface area (Å²) < 4.78 is 5.58. The normalized spacial score (nSPS) is 20.1. The van der Waals surface area contributed by atoms with Crippen LogP contribution < -0.4 is 10.1 Å². The Morgan fingerprint density at radius 3 is 2.41 bits per heavy atom. The van der Waals surface area contributed by atoms with E-state index in [-0.39, 0.29) is 16.6 Å². The zero-order valence-electron chi connectivity index (χ0n) is 19.8. The third kappa shape index (κ3) is 3.58. The van der Waals surface area contributed by atoms with Crippen molar-refractivity contribution in [3.05, 3.63) is 41.6 Å². The van der Waals surface area contributed by atoms with Crippen LogP contribution >= 0.6 is 10.0 Å². The minimum atomic E-state index is -1.06. The molecule has 8 heteroatoms. The Balaban J connectivity index is 1.52. The minimum Gasteiger partial charge on any atom is -0.481 e. The average Bonchev–Trinajstić information content (AvgIpc) is 3.18. The molecule has 2 heterocycles. The van der Waals surface area contributed by atoms with E-state index in [2.05, 4.69) is 34.3 Å². The molecular weight excluding hydrogens is 424 g/mol. The molecule has 174 valence electrons. The SMILES string of the molecule is C[C@H](Oc1ccccc1)C(=O)N1Cc2c(NC(=O)C3(S(C)(C)C)CCC3)n[nH]c2C1(C)C. The predicted molar refractivity (Wildman–Crippen MR) is 129 cm³/mol. The first-order valence-electron chi connectivity index (χ1n) is 11.1. The Labute approximate surface area is 191 Å². The summed E-state index contributed by atoms with van der Waals surface area (Å²) in [6.07, 6.45) is 8.93. The standard InChI is InChI=1S/C24H34N4O3S/c1-16(31-17-11-8-7-9-12-17)21(29)28-15-18-19(23(28,2)3)26-27-20(18)25-22(30)24(13-10-14-24)32(4,5)6/h7-9,11-12,16H,10,13-15H2,1-6H3,(H2,25,26,27,30)/t16-/m0/s1. The van der Waals surface area contributed by atoms with Crippen LogP contribution in [0.3, 0.4) is 0 Å². The quantitative estimate of drug-likeness (QED) is 0.685. The first-order valence-corrected chi connectivity index (χ1v) is 13.9. The molecule has 0 spiro atoms. The van der Waals surface area contributed by atoms with Gasteiger partial charge in [0.1, 0.15) is 5.75 Å². The lowest BCUT2D eigenvalue weighted by molar-refractivity contribution is -0.143. The summed E-state index contributed by atoms with van der Waals surface area (Å²) in [6.45, 7) is 6.13. The molecule has 0 bridgehead atoms. The number of H-pyrrole nitrogens is 1. The van der Waals surface area contributed by atoms with Gasteiger partial charge in [-0.15, -0.1) is 0 Å². The number of rotatable bonds is 6. The van der Waals surface area contributed by atoms with Crippen LogP contribution in [0, 0.1) is 0 Å². The second-order valence-electron chi connectivity index (χ2n) is 10.1. The third-order valence-corrected chi connectivity index (χ3v) is 10.1. The van der Waals surface area contributed by atoms with Crippen molar-refractivity contribution in [1.82, 2.24) is 15.1 Å². The summed E-state index contributed by atoms with van der Waals surface area (Å²) in [6, 6.07) is 9.35. The van der Waals surface area contributed by atoms with E-state index >= 15 is 0 Å². The van der Waals surface area contributed by atoms with Gasteiger partial charge in [-0.25, -0.2) is 10.0 Å². The molecule has 1 aliphatic carbocycles. The minimum absolute atomic E-state index is 0.0592. The molecule has 7 nitrogen and oxygen atoms in total. The molecule has 2 aromatic rings. The van der Waals surface area contributed by atoms with Gasteiger partial charge in [0.25, 0.3) is 5.91 Å². The van der Waals surface area contributed by atoms with Crippen LogP contribution in [0.1, 0.15) is 51.3 Å². The smallest absolute Gasteiger partial charge is 0.264 e. The number of aromatic nitrogens is 2. The van der Waals surface area contributed by atoms with Gasteiger partial charge in [0.15, 0.2) is 11.9 Å². The van der Waals surface area contributed by atoms with Gasteiger partial charge in [-0.05, 0) is 70.9 Å². The maximum Gasteiger partial charge on any atom is 0.264 e. The first kappa shape index (κ1) is 22.7. The number of amides is 2. The number of anilines is 1. The zero-order valence-corrected chi connectivity index (χ0v) is 20.6. The number of carbonyl (C=O) groups excluding carboxylic acids is 2. The van der Waals surface area contributed by atoms with Crippen LogP contribution in [0.15, 0.2) is 30.3 Å². The van der Waals surface area contributed by atoms with Gasteiger partial charge in [-0.2, -0.15) is 5.10 Å². The molecule has 1 fully saturated rings. The highest BCUT2D eigenvalue weighted by molar-refractivity contribution is 8.33. The Hall–Kier alpha value is -2.48. The number of nitrogens with zero attached hydrogens (tertiary/aromatic N) is 2. The molecule has 4 rings (SSSR count). The number of carbonyl (C=O) groups is 2.